The lowest BCUT2D eigenvalue weighted by Gasteiger charge is -2.51. The lowest BCUT2D eigenvalue weighted by atomic mass is 9.75. The molecule has 8 rings (SSSR count). The van der Waals surface area contributed by atoms with Crippen LogP contribution in [0.4, 0.5) is 19.6 Å². The minimum atomic E-state index is -0.702. The highest BCUT2D eigenvalue weighted by molar-refractivity contribution is 7.23. The van der Waals surface area contributed by atoms with Crippen molar-refractivity contribution in [1.29, 1.82) is 5.26 Å². The standard InChI is InChI=1S/C36H38ClF2N7O2S/c1-2-26(47)45-18-35(19-45)9-3-4-12-44(17-35)33-22-15-24(37)28(21-7-8-25(38)31-27(21)23(16-40)32(41)49-31)29(39)30(22)42-34(43-33)48-20-36-10-5-13-46(36)14-6-11-36/h7-8,15H,2-6,9-14,17-20,41H2,1H3. The highest BCUT2D eigenvalue weighted by atomic mass is 35.5. The van der Waals surface area contributed by atoms with Crippen molar-refractivity contribution in [2.45, 2.75) is 63.8 Å². The van der Waals surface area contributed by atoms with Crippen molar-refractivity contribution >= 4 is 60.7 Å². The number of benzene rings is 2. The number of ether oxygens (including phenoxy) is 1. The largest absolute Gasteiger partial charge is 0.461 e. The first-order valence-electron chi connectivity index (χ1n) is 17.2. The number of nitriles is 1. The van der Waals surface area contributed by atoms with Gasteiger partial charge in [-0.25, -0.2) is 8.78 Å². The van der Waals surface area contributed by atoms with Crippen molar-refractivity contribution in [2.75, 3.05) is 56.5 Å². The fourth-order valence-corrected chi connectivity index (χ4v) is 10.1. The number of hydrogen-bond donors (Lipinski definition) is 1. The zero-order valence-electron chi connectivity index (χ0n) is 27.5. The maximum absolute atomic E-state index is 17.2. The van der Waals surface area contributed by atoms with E-state index in [1.165, 1.54) is 12.1 Å². The molecule has 0 aliphatic carbocycles. The van der Waals surface area contributed by atoms with Crippen molar-refractivity contribution in [3.8, 4) is 23.2 Å². The fraction of sp³-hybridized carbons (Fsp3) is 0.500. The minimum absolute atomic E-state index is 0.0143. The van der Waals surface area contributed by atoms with Crippen LogP contribution in [0.15, 0.2) is 18.2 Å². The first kappa shape index (κ1) is 32.4. The monoisotopic (exact) mass is 705 g/mol. The van der Waals surface area contributed by atoms with Gasteiger partial charge >= 0.3 is 6.01 Å². The molecule has 49 heavy (non-hydrogen) atoms. The third kappa shape index (κ3) is 5.27. The van der Waals surface area contributed by atoms with Gasteiger partial charge in [0.2, 0.25) is 5.91 Å². The van der Waals surface area contributed by atoms with Gasteiger partial charge in [0.25, 0.3) is 0 Å². The van der Waals surface area contributed by atoms with E-state index in [1.54, 1.807) is 6.07 Å². The third-order valence-electron chi connectivity index (χ3n) is 11.2. The molecule has 4 fully saturated rings. The Morgan fingerprint density at radius 3 is 2.61 bits per heavy atom. The molecule has 1 amide bonds. The second-order valence-corrected chi connectivity index (χ2v) is 15.7. The Morgan fingerprint density at radius 1 is 1.10 bits per heavy atom. The zero-order valence-corrected chi connectivity index (χ0v) is 29.0. The van der Waals surface area contributed by atoms with Crippen LogP contribution in [0.5, 0.6) is 6.01 Å². The van der Waals surface area contributed by atoms with Crippen LogP contribution in [0.1, 0.15) is 63.9 Å². The lowest BCUT2D eigenvalue weighted by molar-refractivity contribution is -0.142. The molecule has 0 unspecified atom stereocenters. The number of thiophene rings is 1. The van der Waals surface area contributed by atoms with Crippen LogP contribution in [-0.2, 0) is 4.79 Å². The van der Waals surface area contributed by atoms with Crippen LogP contribution in [0.25, 0.3) is 32.1 Å². The van der Waals surface area contributed by atoms with Crippen molar-refractivity contribution in [2.24, 2.45) is 5.41 Å². The van der Waals surface area contributed by atoms with Gasteiger partial charge in [-0.2, -0.15) is 15.2 Å². The van der Waals surface area contributed by atoms with E-state index in [4.69, 9.17) is 27.1 Å². The average Bonchev–Trinajstić information content (AvgIpc) is 3.70. The van der Waals surface area contributed by atoms with Crippen molar-refractivity contribution in [3.63, 3.8) is 0 Å². The first-order chi connectivity index (χ1) is 23.7. The molecule has 2 N–H and O–H groups in total. The number of amides is 1. The van der Waals surface area contributed by atoms with E-state index in [0.717, 1.165) is 69.4 Å². The number of carbonyl (C=O) groups is 1. The molecule has 4 aliphatic heterocycles. The summed E-state index contributed by atoms with van der Waals surface area (Å²) in [6.45, 7) is 7.11. The zero-order chi connectivity index (χ0) is 34.1. The number of rotatable bonds is 6. The highest BCUT2D eigenvalue weighted by Gasteiger charge is 2.47. The molecule has 4 saturated heterocycles. The molecule has 0 bridgehead atoms. The fourth-order valence-electron chi connectivity index (χ4n) is 8.85. The summed E-state index contributed by atoms with van der Waals surface area (Å²) >= 11 is 7.89. The van der Waals surface area contributed by atoms with E-state index in [-0.39, 0.29) is 65.2 Å². The van der Waals surface area contributed by atoms with E-state index in [2.05, 4.69) is 20.9 Å². The Labute approximate surface area is 292 Å². The summed E-state index contributed by atoms with van der Waals surface area (Å²) in [4.78, 5) is 28.7. The predicted molar refractivity (Wildman–Crippen MR) is 188 cm³/mol. The number of fused-ring (bicyclic) bond motifs is 3. The third-order valence-corrected chi connectivity index (χ3v) is 12.6. The summed E-state index contributed by atoms with van der Waals surface area (Å²) in [5.41, 5.74) is 6.37. The van der Waals surface area contributed by atoms with Crippen molar-refractivity contribution in [1.82, 2.24) is 19.8 Å². The first-order valence-corrected chi connectivity index (χ1v) is 18.4. The number of nitrogen functional groups attached to an aromatic ring is 1. The van der Waals surface area contributed by atoms with Gasteiger partial charge in [-0.1, -0.05) is 31.0 Å². The van der Waals surface area contributed by atoms with E-state index < -0.39 is 11.6 Å². The van der Waals surface area contributed by atoms with Crippen LogP contribution in [0.2, 0.25) is 5.02 Å². The Hall–Kier alpha value is -3.79. The Kier molecular flexibility index (Phi) is 8.08. The maximum atomic E-state index is 17.2. The molecule has 2 aromatic heterocycles. The number of anilines is 2. The van der Waals surface area contributed by atoms with E-state index in [9.17, 15) is 14.4 Å². The molecule has 2 aromatic carbocycles. The summed E-state index contributed by atoms with van der Waals surface area (Å²) in [7, 11) is 0. The molecule has 4 aliphatic rings. The molecule has 9 nitrogen and oxygen atoms in total. The molecule has 4 aromatic rings. The summed E-state index contributed by atoms with van der Waals surface area (Å²) in [6, 6.07) is 6.51. The van der Waals surface area contributed by atoms with E-state index in [1.807, 2.05) is 11.8 Å². The van der Waals surface area contributed by atoms with Crippen LogP contribution in [0.3, 0.4) is 0 Å². The molecule has 256 valence electrons. The summed E-state index contributed by atoms with van der Waals surface area (Å²) in [5.74, 6) is -0.554. The highest BCUT2D eigenvalue weighted by Crippen LogP contribution is 2.47. The minimum Gasteiger partial charge on any atom is -0.461 e. The number of hydrogen-bond acceptors (Lipinski definition) is 9. The second kappa shape index (κ2) is 12.2. The Balaban J connectivity index is 1.26. The summed E-state index contributed by atoms with van der Waals surface area (Å²) in [6.07, 6.45) is 7.70. The van der Waals surface area contributed by atoms with Gasteiger partial charge in [0.05, 0.1) is 20.8 Å². The smallest absolute Gasteiger partial charge is 0.319 e. The molecular formula is C36H38ClF2N7O2S. The number of halogens is 3. The van der Waals surface area contributed by atoms with Crippen LogP contribution >= 0.6 is 22.9 Å². The van der Waals surface area contributed by atoms with Gasteiger partial charge in [0.1, 0.15) is 34.8 Å². The normalized spacial score (nSPS) is 20.1. The maximum Gasteiger partial charge on any atom is 0.319 e. The second-order valence-electron chi connectivity index (χ2n) is 14.2. The molecule has 6 heterocycles. The SMILES string of the molecule is CCC(=O)N1CC2(CCCCN(c3nc(OCC45CCCN4CCC5)nc4c(F)c(-c5ccc(F)c6sc(N)c(C#N)c56)c(Cl)cc34)C2)C1. The number of likely N-dealkylation sites (tertiary alicyclic amines) is 1. The molecule has 13 heteroatoms. The van der Waals surface area contributed by atoms with Crippen LogP contribution in [-0.4, -0.2) is 77.1 Å². The van der Waals surface area contributed by atoms with Gasteiger partial charge in [0, 0.05) is 54.4 Å². The lowest BCUT2D eigenvalue weighted by Crippen LogP contribution is -2.62. The van der Waals surface area contributed by atoms with Gasteiger partial charge in [-0.3, -0.25) is 9.69 Å². The quantitative estimate of drug-likeness (QED) is 0.226. The van der Waals surface area contributed by atoms with E-state index in [0.29, 0.717) is 50.4 Å². The average molecular weight is 706 g/mol. The van der Waals surface area contributed by atoms with Gasteiger partial charge in [-0.15, -0.1) is 11.3 Å². The number of nitrogens with zero attached hydrogens (tertiary/aromatic N) is 6. The molecule has 0 saturated carbocycles. The van der Waals surface area contributed by atoms with Crippen molar-refractivity contribution in [3.05, 3.63) is 40.4 Å². The van der Waals surface area contributed by atoms with Crippen LogP contribution < -0.4 is 15.4 Å². The molecule has 0 radical (unpaired) electrons. The van der Waals surface area contributed by atoms with Crippen LogP contribution in [0, 0.1) is 28.4 Å². The molecular weight excluding hydrogens is 668 g/mol. The number of aromatic nitrogens is 2. The van der Waals surface area contributed by atoms with Gasteiger partial charge < -0.3 is 20.3 Å². The topological polar surface area (TPSA) is 112 Å². The van der Waals surface area contributed by atoms with Gasteiger partial charge in [0.15, 0.2) is 5.82 Å². The molecule has 1 spiro atoms. The summed E-state index contributed by atoms with van der Waals surface area (Å²) in [5, 5.41) is 10.8. The van der Waals surface area contributed by atoms with Crippen molar-refractivity contribution < 1.29 is 18.3 Å². The summed E-state index contributed by atoms with van der Waals surface area (Å²) < 4.78 is 38.7. The predicted octanol–water partition coefficient (Wildman–Crippen LogP) is 7.13. The Morgan fingerprint density at radius 2 is 1.88 bits per heavy atom. The van der Waals surface area contributed by atoms with Gasteiger partial charge in [-0.05, 0) is 69.3 Å². The molecule has 0 atom stereocenters. The number of carbonyl (C=O) groups excluding carboxylic acids is 1. The Bertz CT molecular complexity index is 2030. The number of nitrogens with two attached hydrogens (primary N) is 1. The van der Waals surface area contributed by atoms with E-state index >= 15 is 4.39 Å².